The van der Waals surface area contributed by atoms with E-state index in [1.807, 2.05) is 37.3 Å². The maximum atomic E-state index is 5.80. The molecule has 0 fully saturated rings. The Labute approximate surface area is 114 Å². The molecule has 2 aromatic rings. The van der Waals surface area contributed by atoms with Crippen LogP contribution in [0.4, 0.5) is 0 Å². The Hall–Kier alpha value is -1.58. The van der Waals surface area contributed by atoms with Crippen LogP contribution in [0.15, 0.2) is 46.9 Å². The lowest BCUT2D eigenvalue weighted by Crippen LogP contribution is -2.15. The van der Waals surface area contributed by atoms with Crippen molar-refractivity contribution in [3.63, 3.8) is 0 Å². The first-order valence-electron chi connectivity index (χ1n) is 6.82. The van der Waals surface area contributed by atoms with Gasteiger partial charge in [-0.25, -0.2) is 0 Å². The van der Waals surface area contributed by atoms with Gasteiger partial charge in [0.05, 0.1) is 6.54 Å². The van der Waals surface area contributed by atoms with Crippen LogP contribution in [0.2, 0.25) is 0 Å². The van der Waals surface area contributed by atoms with Crippen LogP contribution in [0.25, 0.3) is 11.3 Å². The Morgan fingerprint density at radius 1 is 1.11 bits per heavy atom. The minimum Gasteiger partial charge on any atom is -0.460 e. The molecule has 0 unspecified atom stereocenters. The van der Waals surface area contributed by atoms with Crippen LogP contribution >= 0.6 is 0 Å². The molecule has 0 atom stereocenters. The van der Waals surface area contributed by atoms with Gasteiger partial charge in [0.2, 0.25) is 0 Å². The van der Waals surface area contributed by atoms with E-state index in [2.05, 4.69) is 17.4 Å². The molecule has 3 heteroatoms. The Bertz CT molecular complexity index is 465. The highest BCUT2D eigenvalue weighted by molar-refractivity contribution is 5.57. The van der Waals surface area contributed by atoms with E-state index >= 15 is 0 Å². The molecule has 0 amide bonds. The molecule has 19 heavy (non-hydrogen) atoms. The molecular weight excluding hydrogens is 238 g/mol. The first-order chi connectivity index (χ1) is 9.40. The van der Waals surface area contributed by atoms with Gasteiger partial charge in [-0.05, 0) is 32.0 Å². The molecular formula is C16H21NO2. The molecule has 0 aliphatic heterocycles. The highest BCUT2D eigenvalue weighted by Gasteiger charge is 2.03. The van der Waals surface area contributed by atoms with Crippen molar-refractivity contribution in [2.75, 3.05) is 19.8 Å². The highest BCUT2D eigenvalue weighted by Crippen LogP contribution is 2.21. The molecule has 1 aromatic heterocycles. The van der Waals surface area contributed by atoms with Crippen LogP contribution < -0.4 is 5.32 Å². The maximum Gasteiger partial charge on any atom is 0.134 e. The third-order valence-electron chi connectivity index (χ3n) is 2.87. The van der Waals surface area contributed by atoms with Crippen molar-refractivity contribution in [1.82, 2.24) is 5.32 Å². The van der Waals surface area contributed by atoms with Crippen molar-refractivity contribution in [1.29, 1.82) is 0 Å². The fourth-order valence-corrected chi connectivity index (χ4v) is 1.89. The Balaban J connectivity index is 1.75. The molecule has 0 saturated heterocycles. The molecule has 2 rings (SSSR count). The molecule has 0 saturated carbocycles. The Morgan fingerprint density at radius 2 is 1.95 bits per heavy atom. The standard InChI is InChI=1S/C16H21NO2/c1-2-18-12-6-11-17-13-15-9-10-16(19-15)14-7-4-3-5-8-14/h3-5,7-10,17H,2,6,11-13H2,1H3. The van der Waals surface area contributed by atoms with Crippen molar-refractivity contribution < 1.29 is 9.15 Å². The van der Waals surface area contributed by atoms with Gasteiger partial charge in [-0.3, -0.25) is 0 Å². The normalized spacial score (nSPS) is 10.8. The predicted octanol–water partition coefficient (Wildman–Crippen LogP) is 3.46. The van der Waals surface area contributed by atoms with Gasteiger partial charge in [-0.15, -0.1) is 0 Å². The number of nitrogens with one attached hydrogen (secondary N) is 1. The smallest absolute Gasteiger partial charge is 0.134 e. The number of rotatable bonds is 8. The van der Waals surface area contributed by atoms with E-state index in [4.69, 9.17) is 9.15 Å². The first-order valence-corrected chi connectivity index (χ1v) is 6.82. The van der Waals surface area contributed by atoms with E-state index in [-0.39, 0.29) is 0 Å². The summed E-state index contributed by atoms with van der Waals surface area (Å²) in [6.07, 6.45) is 1.03. The lowest BCUT2D eigenvalue weighted by atomic mass is 10.2. The second-order valence-corrected chi connectivity index (χ2v) is 4.36. The van der Waals surface area contributed by atoms with Gasteiger partial charge in [0.15, 0.2) is 0 Å². The zero-order chi connectivity index (χ0) is 13.3. The first kappa shape index (κ1) is 13.8. The lowest BCUT2D eigenvalue weighted by Gasteiger charge is -2.03. The Kier molecular flexibility index (Phi) is 5.66. The number of hydrogen-bond donors (Lipinski definition) is 1. The van der Waals surface area contributed by atoms with Crippen molar-refractivity contribution in [2.45, 2.75) is 19.9 Å². The summed E-state index contributed by atoms with van der Waals surface area (Å²) in [5, 5.41) is 3.35. The van der Waals surface area contributed by atoms with E-state index in [0.717, 1.165) is 49.8 Å². The Morgan fingerprint density at radius 3 is 2.74 bits per heavy atom. The van der Waals surface area contributed by atoms with Crippen LogP contribution in [0.5, 0.6) is 0 Å². The van der Waals surface area contributed by atoms with Gasteiger partial charge >= 0.3 is 0 Å². The molecule has 1 heterocycles. The molecule has 0 bridgehead atoms. The van der Waals surface area contributed by atoms with E-state index in [1.54, 1.807) is 0 Å². The van der Waals surface area contributed by atoms with Gasteiger partial charge in [0.25, 0.3) is 0 Å². The van der Waals surface area contributed by atoms with Crippen molar-refractivity contribution in [2.24, 2.45) is 0 Å². The fourth-order valence-electron chi connectivity index (χ4n) is 1.89. The predicted molar refractivity (Wildman–Crippen MR) is 77.0 cm³/mol. The fraction of sp³-hybridized carbons (Fsp3) is 0.375. The van der Waals surface area contributed by atoms with Crippen LogP contribution in [-0.4, -0.2) is 19.8 Å². The minimum atomic E-state index is 0.763. The molecule has 0 spiro atoms. The molecule has 0 aliphatic carbocycles. The number of ether oxygens (including phenoxy) is 1. The van der Waals surface area contributed by atoms with Gasteiger partial charge in [-0.1, -0.05) is 30.3 Å². The van der Waals surface area contributed by atoms with Crippen LogP contribution in [-0.2, 0) is 11.3 Å². The SMILES string of the molecule is CCOCCCNCc1ccc(-c2ccccc2)o1. The van der Waals surface area contributed by atoms with Gasteiger partial charge < -0.3 is 14.5 Å². The van der Waals surface area contributed by atoms with Gasteiger partial charge in [-0.2, -0.15) is 0 Å². The summed E-state index contributed by atoms with van der Waals surface area (Å²) >= 11 is 0. The molecule has 102 valence electrons. The van der Waals surface area contributed by atoms with Crippen molar-refractivity contribution >= 4 is 0 Å². The quantitative estimate of drug-likeness (QED) is 0.737. The van der Waals surface area contributed by atoms with E-state index in [9.17, 15) is 0 Å². The van der Waals surface area contributed by atoms with Crippen LogP contribution in [0, 0.1) is 0 Å². The largest absolute Gasteiger partial charge is 0.460 e. The summed E-state index contributed by atoms with van der Waals surface area (Å²) in [4.78, 5) is 0. The molecule has 1 aromatic carbocycles. The third kappa shape index (κ3) is 4.54. The minimum absolute atomic E-state index is 0.763. The third-order valence-corrected chi connectivity index (χ3v) is 2.87. The summed E-state index contributed by atoms with van der Waals surface area (Å²) < 4.78 is 11.1. The van der Waals surface area contributed by atoms with E-state index in [1.165, 1.54) is 0 Å². The summed E-state index contributed by atoms with van der Waals surface area (Å²) in [5.74, 6) is 1.89. The van der Waals surface area contributed by atoms with Crippen LogP contribution in [0.1, 0.15) is 19.1 Å². The maximum absolute atomic E-state index is 5.80. The average molecular weight is 259 g/mol. The van der Waals surface area contributed by atoms with Gasteiger partial charge in [0.1, 0.15) is 11.5 Å². The lowest BCUT2D eigenvalue weighted by molar-refractivity contribution is 0.144. The zero-order valence-corrected chi connectivity index (χ0v) is 11.4. The number of benzene rings is 1. The number of hydrogen-bond acceptors (Lipinski definition) is 3. The second-order valence-electron chi connectivity index (χ2n) is 4.36. The van der Waals surface area contributed by atoms with E-state index in [0.29, 0.717) is 0 Å². The topological polar surface area (TPSA) is 34.4 Å². The summed E-state index contributed by atoms with van der Waals surface area (Å²) in [5.41, 5.74) is 1.12. The molecule has 0 radical (unpaired) electrons. The summed E-state index contributed by atoms with van der Waals surface area (Å²) in [6, 6.07) is 14.2. The summed E-state index contributed by atoms with van der Waals surface area (Å²) in [7, 11) is 0. The monoisotopic (exact) mass is 259 g/mol. The molecule has 0 aliphatic rings. The van der Waals surface area contributed by atoms with Gasteiger partial charge in [0, 0.05) is 18.8 Å². The second kappa shape index (κ2) is 7.77. The van der Waals surface area contributed by atoms with Crippen molar-refractivity contribution in [3.05, 3.63) is 48.2 Å². The number of furan rings is 1. The van der Waals surface area contributed by atoms with Crippen LogP contribution in [0.3, 0.4) is 0 Å². The molecule has 1 N–H and O–H groups in total. The summed E-state index contributed by atoms with van der Waals surface area (Å²) in [6.45, 7) is 5.33. The van der Waals surface area contributed by atoms with Crippen molar-refractivity contribution in [3.8, 4) is 11.3 Å². The zero-order valence-electron chi connectivity index (χ0n) is 11.4. The molecule has 3 nitrogen and oxygen atoms in total. The highest BCUT2D eigenvalue weighted by atomic mass is 16.5. The van der Waals surface area contributed by atoms with E-state index < -0.39 is 0 Å². The average Bonchev–Trinajstić information content (AvgIpc) is 2.92.